The van der Waals surface area contributed by atoms with Crippen molar-refractivity contribution in [2.75, 3.05) is 22.9 Å². The van der Waals surface area contributed by atoms with E-state index >= 15 is 0 Å². The highest BCUT2D eigenvalue weighted by Crippen LogP contribution is 2.47. The molecule has 0 unspecified atom stereocenters. The molecule has 10 N–H and O–H groups in total. The molecule has 6 aromatic rings. The molecule has 0 saturated carbocycles. The topological polar surface area (TPSA) is 262 Å². The second-order valence-corrected chi connectivity index (χ2v) is 14.6. The Morgan fingerprint density at radius 3 is 1.09 bits per heavy atom. The molecule has 0 spiro atoms. The van der Waals surface area contributed by atoms with Crippen molar-refractivity contribution in [2.24, 2.45) is 20.5 Å². The van der Waals surface area contributed by atoms with Gasteiger partial charge in [-0.15, -0.1) is 20.5 Å². The second-order valence-electron chi connectivity index (χ2n) is 11.9. The quantitative estimate of drug-likeness (QED) is 0.0384. The predicted molar refractivity (Wildman–Crippen MR) is 195 cm³/mol. The number of nitrogens with two attached hydrogens (primary N) is 4. The molecular formula is C34H24F6N8O6S2. The Bertz CT molecular complexity index is 2710. The summed E-state index contributed by atoms with van der Waals surface area (Å²) >= 11 is 0. The van der Waals surface area contributed by atoms with Gasteiger partial charge in [0.05, 0.1) is 45.3 Å². The molecule has 0 aliphatic rings. The zero-order chi connectivity index (χ0) is 41.1. The first kappa shape index (κ1) is 39.3. The van der Waals surface area contributed by atoms with Crippen LogP contribution in [0, 0.1) is 0 Å². The smallest absolute Gasteiger partial charge is 0.396 e. The summed E-state index contributed by atoms with van der Waals surface area (Å²) in [4.78, 5) is -1.61. The van der Waals surface area contributed by atoms with Crippen LogP contribution in [0.5, 0.6) is 0 Å². The summed E-state index contributed by atoms with van der Waals surface area (Å²) < 4.78 is 155. The molecule has 0 fully saturated rings. The second kappa shape index (κ2) is 13.7. The van der Waals surface area contributed by atoms with Gasteiger partial charge in [0.25, 0.3) is 20.2 Å². The molecule has 0 bridgehead atoms. The third kappa shape index (κ3) is 7.24. The van der Waals surface area contributed by atoms with Crippen molar-refractivity contribution < 1.29 is 52.3 Å². The van der Waals surface area contributed by atoms with E-state index in [2.05, 4.69) is 20.5 Å². The SMILES string of the molecule is Nc1c(/N=N/c2ccc(-c3ccc(/N=N/c4c(N)c(S(=O)(=O)O)c5ccccc5c4N)c(C(F)(F)F)c3)cc2C(F)(F)F)c(N)c2ccccc2c1S(=O)(=O)O. The zero-order valence-corrected chi connectivity index (χ0v) is 29.4. The van der Waals surface area contributed by atoms with Crippen LogP contribution in [0.25, 0.3) is 32.7 Å². The minimum atomic E-state index is -5.16. The molecule has 6 aromatic carbocycles. The monoisotopic (exact) mass is 818 g/mol. The number of anilines is 4. The van der Waals surface area contributed by atoms with E-state index in [9.17, 15) is 52.3 Å². The summed E-state index contributed by atoms with van der Waals surface area (Å²) in [5.74, 6) is 0. The summed E-state index contributed by atoms with van der Waals surface area (Å²) in [6, 6.07) is 15.6. The lowest BCUT2D eigenvalue weighted by molar-refractivity contribution is -0.138. The predicted octanol–water partition coefficient (Wildman–Crippen LogP) is 9.35. The minimum absolute atomic E-state index is 0.0326. The number of azo groups is 2. The summed E-state index contributed by atoms with van der Waals surface area (Å²) in [7, 11) is -10.0. The standard InChI is InChI=1S/C34H24F6N8O6S2/c35-33(36,37)21-13-15(9-11-23(21)45-47-29-25(41)17-5-1-3-7-19(17)31(27(29)43)55(49,50)51)16-10-12-24(22(14-16)34(38,39)40)46-48-30-26(42)18-6-2-4-8-20(18)32(28(30)44)56(52,53)54/h1-14H,41-44H2,(H,49,50,51)(H,52,53,54)/b47-45+,48-46+. The first-order chi connectivity index (χ1) is 26.0. The van der Waals surface area contributed by atoms with Gasteiger partial charge in [0, 0.05) is 21.5 Å². The van der Waals surface area contributed by atoms with Crippen molar-refractivity contribution in [3.63, 3.8) is 0 Å². The molecule has 0 aliphatic heterocycles. The Hall–Kier alpha value is -6.36. The molecule has 0 heterocycles. The van der Waals surface area contributed by atoms with Crippen LogP contribution in [0.2, 0.25) is 0 Å². The van der Waals surface area contributed by atoms with E-state index in [0.29, 0.717) is 12.1 Å². The van der Waals surface area contributed by atoms with Crippen LogP contribution in [0.1, 0.15) is 11.1 Å². The van der Waals surface area contributed by atoms with Gasteiger partial charge in [0.1, 0.15) is 21.2 Å². The van der Waals surface area contributed by atoms with E-state index < -0.39 is 87.6 Å². The molecule has 0 amide bonds. The molecule has 0 saturated heterocycles. The number of nitrogen functional groups attached to an aromatic ring is 4. The molecule has 0 aliphatic carbocycles. The van der Waals surface area contributed by atoms with Crippen molar-refractivity contribution in [1.82, 2.24) is 0 Å². The fraction of sp³-hybridized carbons (Fsp3) is 0.0588. The van der Waals surface area contributed by atoms with Crippen LogP contribution < -0.4 is 22.9 Å². The highest BCUT2D eigenvalue weighted by molar-refractivity contribution is 7.86. The Morgan fingerprint density at radius 2 is 0.786 bits per heavy atom. The molecule has 0 atom stereocenters. The van der Waals surface area contributed by atoms with Gasteiger partial charge in [-0.25, -0.2) is 0 Å². The summed E-state index contributed by atoms with van der Waals surface area (Å²) in [5, 5.41) is 14.4. The number of rotatable bonds is 7. The molecule has 22 heteroatoms. The maximum absolute atomic E-state index is 14.4. The number of fused-ring (bicyclic) bond motifs is 2. The maximum atomic E-state index is 14.4. The van der Waals surface area contributed by atoms with E-state index in [-0.39, 0.29) is 44.0 Å². The van der Waals surface area contributed by atoms with Gasteiger partial charge >= 0.3 is 12.4 Å². The van der Waals surface area contributed by atoms with Crippen molar-refractivity contribution in [3.8, 4) is 11.1 Å². The van der Waals surface area contributed by atoms with E-state index in [1.807, 2.05) is 0 Å². The van der Waals surface area contributed by atoms with Gasteiger partial charge in [0.2, 0.25) is 0 Å². The molecule has 14 nitrogen and oxygen atoms in total. The Labute approximate surface area is 311 Å². The van der Waals surface area contributed by atoms with E-state index in [4.69, 9.17) is 22.9 Å². The largest absolute Gasteiger partial charge is 0.418 e. The Balaban J connectivity index is 1.44. The van der Waals surface area contributed by atoms with E-state index in [1.54, 1.807) is 0 Å². The Morgan fingerprint density at radius 1 is 0.464 bits per heavy atom. The highest BCUT2D eigenvalue weighted by Gasteiger charge is 2.36. The van der Waals surface area contributed by atoms with Gasteiger partial charge in [-0.3, -0.25) is 9.11 Å². The maximum Gasteiger partial charge on any atom is 0.418 e. The average molecular weight is 819 g/mol. The van der Waals surface area contributed by atoms with Gasteiger partial charge < -0.3 is 22.9 Å². The fourth-order valence-electron chi connectivity index (χ4n) is 5.92. The van der Waals surface area contributed by atoms with E-state index in [1.165, 1.54) is 48.5 Å². The van der Waals surface area contributed by atoms with Crippen molar-refractivity contribution in [3.05, 3.63) is 96.1 Å². The number of hydrogen-bond acceptors (Lipinski definition) is 12. The number of benzene rings is 6. The number of alkyl halides is 6. The van der Waals surface area contributed by atoms with Gasteiger partial charge in [-0.2, -0.15) is 43.2 Å². The van der Waals surface area contributed by atoms with E-state index in [0.717, 1.165) is 24.3 Å². The normalized spacial score (nSPS) is 13.1. The van der Waals surface area contributed by atoms with Crippen LogP contribution in [0.4, 0.5) is 71.8 Å². The number of halogens is 6. The summed E-state index contributed by atoms with van der Waals surface area (Å²) in [6.45, 7) is 0. The molecular weight excluding hydrogens is 795 g/mol. The molecule has 6 rings (SSSR count). The average Bonchev–Trinajstić information content (AvgIpc) is 3.09. The van der Waals surface area contributed by atoms with Crippen LogP contribution in [-0.2, 0) is 32.6 Å². The van der Waals surface area contributed by atoms with Crippen LogP contribution in [-0.4, -0.2) is 25.9 Å². The van der Waals surface area contributed by atoms with Crippen LogP contribution in [0.3, 0.4) is 0 Å². The van der Waals surface area contributed by atoms with Gasteiger partial charge in [-0.1, -0.05) is 60.7 Å². The Kier molecular flexibility index (Phi) is 9.65. The number of nitrogens with zero attached hydrogens (tertiary/aromatic N) is 4. The third-order valence-electron chi connectivity index (χ3n) is 8.40. The number of hydrogen-bond donors (Lipinski definition) is 6. The van der Waals surface area contributed by atoms with Crippen molar-refractivity contribution >= 4 is 87.3 Å². The molecule has 290 valence electrons. The van der Waals surface area contributed by atoms with Gasteiger partial charge in [0.15, 0.2) is 0 Å². The molecule has 56 heavy (non-hydrogen) atoms. The van der Waals surface area contributed by atoms with Crippen LogP contribution >= 0.6 is 0 Å². The first-order valence-electron chi connectivity index (χ1n) is 15.4. The lowest BCUT2D eigenvalue weighted by atomic mass is 9.99. The lowest BCUT2D eigenvalue weighted by Crippen LogP contribution is -2.07. The van der Waals surface area contributed by atoms with Crippen LogP contribution in [0.15, 0.2) is 115 Å². The first-order valence-corrected chi connectivity index (χ1v) is 18.3. The van der Waals surface area contributed by atoms with Crippen molar-refractivity contribution in [2.45, 2.75) is 22.1 Å². The minimum Gasteiger partial charge on any atom is -0.396 e. The molecule has 0 aromatic heterocycles. The van der Waals surface area contributed by atoms with Crippen molar-refractivity contribution in [1.29, 1.82) is 0 Å². The van der Waals surface area contributed by atoms with Gasteiger partial charge in [-0.05, 0) is 35.4 Å². The fourth-order valence-corrected chi connectivity index (χ4v) is 7.58. The zero-order valence-electron chi connectivity index (χ0n) is 27.8. The molecule has 0 radical (unpaired) electrons. The summed E-state index contributed by atoms with van der Waals surface area (Å²) in [6.07, 6.45) is -10.3. The summed E-state index contributed by atoms with van der Waals surface area (Å²) in [5.41, 5.74) is 15.6. The third-order valence-corrected chi connectivity index (χ3v) is 10.3. The lowest BCUT2D eigenvalue weighted by Gasteiger charge is -2.15. The highest BCUT2D eigenvalue weighted by atomic mass is 32.2.